The van der Waals surface area contributed by atoms with E-state index in [9.17, 15) is 4.79 Å². The summed E-state index contributed by atoms with van der Waals surface area (Å²) in [5.74, 6) is 1.24. The van der Waals surface area contributed by atoms with Crippen LogP contribution in [0.15, 0.2) is 79.0 Å². The van der Waals surface area contributed by atoms with Crippen molar-refractivity contribution in [3.8, 4) is 11.5 Å². The number of para-hydroxylation sites is 1. The largest absolute Gasteiger partial charge is 0.497 e. The highest BCUT2D eigenvalue weighted by Gasteiger charge is 2.24. The highest BCUT2D eigenvalue weighted by atomic mass is 16.5. The molecule has 5 heteroatoms. The van der Waals surface area contributed by atoms with Crippen LogP contribution in [0.1, 0.15) is 48.9 Å². The topological polar surface area (TPSA) is 52.5 Å². The van der Waals surface area contributed by atoms with Crippen LogP contribution in [0.4, 0.5) is 0 Å². The number of ether oxygens (including phenoxy) is 2. The van der Waals surface area contributed by atoms with Gasteiger partial charge in [0.25, 0.3) is 0 Å². The van der Waals surface area contributed by atoms with Crippen LogP contribution in [0.2, 0.25) is 0 Å². The molecule has 0 spiro atoms. The second-order valence-electron chi connectivity index (χ2n) is 8.49. The standard InChI is InChI=1S/C29H32N2O3/c1-5-31-19-27(25-13-9-10-14-28(25)31)26(22-15-23(33-3)17-24(16-22)34-4)18-29(32)30-20(2)21-11-7-6-8-12-21/h6-17,19-20,26H,5,18H2,1-4H3,(H,30,32)/t20-,26+/m1/s1. The summed E-state index contributed by atoms with van der Waals surface area (Å²) in [5.41, 5.74) is 4.35. The molecule has 0 unspecified atom stereocenters. The molecule has 0 saturated carbocycles. The zero-order valence-corrected chi connectivity index (χ0v) is 20.2. The maximum atomic E-state index is 13.3. The molecule has 3 aromatic carbocycles. The Balaban J connectivity index is 1.75. The van der Waals surface area contributed by atoms with E-state index in [1.54, 1.807) is 14.2 Å². The van der Waals surface area contributed by atoms with E-state index in [1.807, 2.05) is 61.5 Å². The number of hydrogen-bond acceptors (Lipinski definition) is 3. The van der Waals surface area contributed by atoms with E-state index in [4.69, 9.17) is 9.47 Å². The maximum Gasteiger partial charge on any atom is 0.221 e. The van der Waals surface area contributed by atoms with Crippen LogP contribution in [-0.2, 0) is 11.3 Å². The van der Waals surface area contributed by atoms with Gasteiger partial charge in [-0.25, -0.2) is 0 Å². The molecule has 4 aromatic rings. The molecular weight excluding hydrogens is 424 g/mol. The summed E-state index contributed by atoms with van der Waals surface area (Å²) in [7, 11) is 3.29. The monoisotopic (exact) mass is 456 g/mol. The Bertz CT molecular complexity index is 1240. The smallest absolute Gasteiger partial charge is 0.221 e. The Hall–Kier alpha value is -3.73. The summed E-state index contributed by atoms with van der Waals surface area (Å²) in [5, 5.41) is 4.34. The Morgan fingerprint density at radius 1 is 0.912 bits per heavy atom. The zero-order valence-electron chi connectivity index (χ0n) is 20.2. The van der Waals surface area contributed by atoms with Gasteiger partial charge in [-0.2, -0.15) is 0 Å². The molecule has 0 aliphatic heterocycles. The molecule has 0 bridgehead atoms. The number of fused-ring (bicyclic) bond motifs is 1. The summed E-state index contributed by atoms with van der Waals surface area (Å²) >= 11 is 0. The van der Waals surface area contributed by atoms with E-state index in [0.29, 0.717) is 17.9 Å². The number of aromatic nitrogens is 1. The van der Waals surface area contributed by atoms with Gasteiger partial charge in [-0.1, -0.05) is 48.5 Å². The molecule has 1 N–H and O–H groups in total. The number of rotatable bonds is 9. The summed E-state index contributed by atoms with van der Waals surface area (Å²) in [6.07, 6.45) is 2.49. The van der Waals surface area contributed by atoms with Crippen LogP contribution in [0, 0.1) is 0 Å². The fourth-order valence-corrected chi connectivity index (χ4v) is 4.56. The number of carbonyl (C=O) groups excluding carboxylic acids is 1. The van der Waals surface area contributed by atoms with E-state index in [2.05, 4.69) is 41.2 Å². The number of hydrogen-bond donors (Lipinski definition) is 1. The van der Waals surface area contributed by atoms with Gasteiger partial charge in [-0.3, -0.25) is 4.79 Å². The highest BCUT2D eigenvalue weighted by molar-refractivity contribution is 5.87. The Morgan fingerprint density at radius 2 is 1.56 bits per heavy atom. The molecule has 5 nitrogen and oxygen atoms in total. The van der Waals surface area contributed by atoms with Crippen molar-refractivity contribution in [3.63, 3.8) is 0 Å². The number of benzene rings is 3. The first-order valence-electron chi connectivity index (χ1n) is 11.7. The van der Waals surface area contributed by atoms with Crippen molar-refractivity contribution in [3.05, 3.63) is 95.7 Å². The lowest BCUT2D eigenvalue weighted by Crippen LogP contribution is -2.28. The highest BCUT2D eigenvalue weighted by Crippen LogP contribution is 2.38. The molecule has 1 heterocycles. The van der Waals surface area contributed by atoms with E-state index < -0.39 is 0 Å². The predicted molar refractivity (Wildman–Crippen MR) is 137 cm³/mol. The van der Waals surface area contributed by atoms with Gasteiger partial charge in [0.15, 0.2) is 0 Å². The van der Waals surface area contributed by atoms with Crippen molar-refractivity contribution in [2.45, 2.75) is 38.8 Å². The number of carbonyl (C=O) groups is 1. The van der Waals surface area contributed by atoms with Crippen LogP contribution in [-0.4, -0.2) is 24.7 Å². The van der Waals surface area contributed by atoms with E-state index in [-0.39, 0.29) is 17.9 Å². The first-order chi connectivity index (χ1) is 16.5. The fraction of sp³-hybridized carbons (Fsp3) is 0.276. The van der Waals surface area contributed by atoms with Crippen molar-refractivity contribution in [2.75, 3.05) is 14.2 Å². The number of aryl methyl sites for hydroxylation is 1. The molecular formula is C29H32N2O3. The third-order valence-corrected chi connectivity index (χ3v) is 6.38. The molecule has 0 radical (unpaired) electrons. The molecule has 0 saturated heterocycles. The average molecular weight is 457 g/mol. The van der Waals surface area contributed by atoms with Gasteiger partial charge in [0.1, 0.15) is 11.5 Å². The Morgan fingerprint density at radius 3 is 2.21 bits per heavy atom. The number of nitrogens with zero attached hydrogens (tertiary/aromatic N) is 1. The Labute approximate surface area is 201 Å². The SMILES string of the molecule is CCn1cc([C@@H](CC(=O)N[C@H](C)c2ccccc2)c2cc(OC)cc(OC)c2)c2ccccc21. The molecule has 0 aliphatic carbocycles. The van der Waals surface area contributed by atoms with E-state index in [0.717, 1.165) is 34.1 Å². The minimum atomic E-state index is -0.162. The minimum absolute atomic E-state index is 0.00327. The summed E-state index contributed by atoms with van der Waals surface area (Å²) in [4.78, 5) is 13.3. The molecule has 1 amide bonds. The van der Waals surface area contributed by atoms with Crippen molar-refractivity contribution in [1.29, 1.82) is 0 Å². The van der Waals surface area contributed by atoms with Crippen LogP contribution >= 0.6 is 0 Å². The molecule has 34 heavy (non-hydrogen) atoms. The number of methoxy groups -OCH3 is 2. The summed E-state index contributed by atoms with van der Waals surface area (Å²) < 4.78 is 13.3. The first kappa shape index (κ1) is 23.4. The lowest BCUT2D eigenvalue weighted by Gasteiger charge is -2.21. The minimum Gasteiger partial charge on any atom is -0.497 e. The molecule has 4 rings (SSSR count). The summed E-state index contributed by atoms with van der Waals surface area (Å²) in [6.45, 7) is 5.00. The fourth-order valence-electron chi connectivity index (χ4n) is 4.56. The van der Waals surface area contributed by atoms with E-state index in [1.165, 1.54) is 0 Å². The lowest BCUT2D eigenvalue weighted by molar-refractivity contribution is -0.121. The van der Waals surface area contributed by atoms with Crippen molar-refractivity contribution >= 4 is 16.8 Å². The second kappa shape index (κ2) is 10.5. The van der Waals surface area contributed by atoms with Crippen molar-refractivity contribution in [1.82, 2.24) is 9.88 Å². The van der Waals surface area contributed by atoms with E-state index >= 15 is 0 Å². The second-order valence-corrected chi connectivity index (χ2v) is 8.49. The molecule has 0 aliphatic rings. The predicted octanol–water partition coefficient (Wildman–Crippen LogP) is 6.08. The third kappa shape index (κ3) is 4.93. The van der Waals surface area contributed by atoms with Crippen molar-refractivity contribution < 1.29 is 14.3 Å². The average Bonchev–Trinajstić information content (AvgIpc) is 3.26. The van der Waals surface area contributed by atoms with Gasteiger partial charge >= 0.3 is 0 Å². The van der Waals surface area contributed by atoms with Crippen LogP contribution < -0.4 is 14.8 Å². The Kier molecular flexibility index (Phi) is 7.21. The molecule has 176 valence electrons. The van der Waals surface area contributed by atoms with Crippen LogP contribution in [0.5, 0.6) is 11.5 Å². The molecule has 1 aromatic heterocycles. The van der Waals surface area contributed by atoms with Gasteiger partial charge in [-0.15, -0.1) is 0 Å². The van der Waals surface area contributed by atoms with Gasteiger partial charge in [0.2, 0.25) is 5.91 Å². The lowest BCUT2D eigenvalue weighted by atomic mass is 9.87. The number of nitrogens with one attached hydrogen (secondary N) is 1. The number of amides is 1. The van der Waals surface area contributed by atoms with Crippen LogP contribution in [0.3, 0.4) is 0 Å². The zero-order chi connectivity index (χ0) is 24.1. The molecule has 2 atom stereocenters. The first-order valence-corrected chi connectivity index (χ1v) is 11.7. The normalized spacial score (nSPS) is 12.8. The quantitative estimate of drug-likeness (QED) is 0.332. The van der Waals surface area contributed by atoms with Gasteiger partial charge in [-0.05, 0) is 48.7 Å². The maximum absolute atomic E-state index is 13.3. The third-order valence-electron chi connectivity index (χ3n) is 6.38. The van der Waals surface area contributed by atoms with Crippen molar-refractivity contribution in [2.24, 2.45) is 0 Å². The molecule has 0 fully saturated rings. The van der Waals surface area contributed by atoms with Crippen LogP contribution in [0.25, 0.3) is 10.9 Å². The summed E-state index contributed by atoms with van der Waals surface area (Å²) in [6, 6.07) is 24.2. The van der Waals surface area contributed by atoms with Gasteiger partial charge in [0, 0.05) is 42.0 Å². The van der Waals surface area contributed by atoms with Gasteiger partial charge < -0.3 is 19.4 Å². The van der Waals surface area contributed by atoms with Gasteiger partial charge in [0.05, 0.1) is 20.3 Å².